The van der Waals surface area contributed by atoms with E-state index in [1.807, 2.05) is 6.07 Å². The number of fused-ring (bicyclic) bond motifs is 1. The Bertz CT molecular complexity index is 479. The highest BCUT2D eigenvalue weighted by molar-refractivity contribution is 8.01. The van der Waals surface area contributed by atoms with Crippen LogP contribution in [-0.4, -0.2) is 10.5 Å². The van der Waals surface area contributed by atoms with E-state index in [1.54, 1.807) is 11.8 Å². The van der Waals surface area contributed by atoms with Gasteiger partial charge >= 0.3 is 0 Å². The van der Waals surface area contributed by atoms with E-state index in [-0.39, 0.29) is 4.75 Å². The smallest absolute Gasteiger partial charge is 0.150 e. The Kier molecular flexibility index (Phi) is 3.06. The third kappa shape index (κ3) is 1.74. The normalized spacial score (nSPS) is 34.6. The minimum atomic E-state index is -0.198. The van der Waals surface area contributed by atoms with Gasteiger partial charge in [0.15, 0.2) is 0 Å². The highest BCUT2D eigenvalue weighted by Gasteiger charge is 2.53. The average molecular weight is 258 g/mol. The van der Waals surface area contributed by atoms with Crippen molar-refractivity contribution >= 4 is 17.5 Å². The summed E-state index contributed by atoms with van der Waals surface area (Å²) in [6.45, 7) is 2.20. The van der Waals surface area contributed by atoms with Crippen molar-refractivity contribution in [2.75, 3.05) is 0 Å². The third-order valence-electron chi connectivity index (χ3n) is 4.31. The zero-order valence-corrected chi connectivity index (χ0v) is 11.5. The Morgan fingerprint density at radius 3 is 2.83 bits per heavy atom. The topological polar surface area (TPSA) is 17.1 Å². The van der Waals surface area contributed by atoms with Crippen molar-refractivity contribution in [3.8, 4) is 0 Å². The van der Waals surface area contributed by atoms with Gasteiger partial charge in [0.2, 0.25) is 0 Å². The van der Waals surface area contributed by atoms with Crippen molar-refractivity contribution in [3.05, 3.63) is 42.5 Å². The van der Waals surface area contributed by atoms with E-state index in [0.717, 1.165) is 19.3 Å². The van der Waals surface area contributed by atoms with E-state index in [2.05, 4.69) is 43.3 Å². The van der Waals surface area contributed by atoms with Gasteiger partial charge in [-0.2, -0.15) is 0 Å². The van der Waals surface area contributed by atoms with Crippen LogP contribution in [0.5, 0.6) is 0 Å². The Hall–Kier alpha value is -1.02. The largest absolute Gasteiger partial charge is 0.298 e. The highest BCUT2D eigenvalue weighted by atomic mass is 32.2. The number of ketones is 1. The fraction of sp³-hybridized carbons (Fsp3) is 0.438. The van der Waals surface area contributed by atoms with Gasteiger partial charge in [-0.25, -0.2) is 0 Å². The minimum Gasteiger partial charge on any atom is -0.298 e. The summed E-state index contributed by atoms with van der Waals surface area (Å²) in [5.74, 6) is 1.32. The Morgan fingerprint density at radius 1 is 1.28 bits per heavy atom. The van der Waals surface area contributed by atoms with E-state index in [9.17, 15) is 4.79 Å². The number of thioether (sulfide) groups is 1. The van der Waals surface area contributed by atoms with Gasteiger partial charge in [-0.1, -0.05) is 37.3 Å². The first-order valence-corrected chi connectivity index (χ1v) is 7.49. The van der Waals surface area contributed by atoms with Crippen molar-refractivity contribution in [2.45, 2.75) is 35.8 Å². The maximum atomic E-state index is 12.5. The lowest BCUT2D eigenvalue weighted by atomic mass is 9.77. The molecule has 1 fully saturated rings. The summed E-state index contributed by atoms with van der Waals surface area (Å²) >= 11 is 1.80. The van der Waals surface area contributed by atoms with Crippen molar-refractivity contribution in [3.63, 3.8) is 0 Å². The molecule has 2 heteroatoms. The predicted molar refractivity (Wildman–Crippen MR) is 75.7 cm³/mol. The number of hydrogen-bond donors (Lipinski definition) is 0. The fourth-order valence-corrected chi connectivity index (χ4v) is 4.91. The zero-order chi connectivity index (χ0) is 12.6. The summed E-state index contributed by atoms with van der Waals surface area (Å²) in [5, 5.41) is 0. The number of hydrogen-bond acceptors (Lipinski definition) is 2. The summed E-state index contributed by atoms with van der Waals surface area (Å²) in [7, 11) is 0. The van der Waals surface area contributed by atoms with Crippen LogP contribution >= 0.6 is 11.8 Å². The first-order valence-electron chi connectivity index (χ1n) is 6.67. The second kappa shape index (κ2) is 4.58. The maximum absolute atomic E-state index is 12.5. The van der Waals surface area contributed by atoms with Crippen LogP contribution in [0.2, 0.25) is 0 Å². The van der Waals surface area contributed by atoms with Crippen molar-refractivity contribution < 1.29 is 4.79 Å². The van der Waals surface area contributed by atoms with Gasteiger partial charge in [0.05, 0.1) is 4.75 Å². The van der Waals surface area contributed by atoms with Crippen LogP contribution in [0.1, 0.15) is 26.2 Å². The molecule has 94 valence electrons. The molecule has 1 saturated carbocycles. The van der Waals surface area contributed by atoms with Gasteiger partial charge < -0.3 is 0 Å². The molecule has 0 N–H and O–H groups in total. The van der Waals surface area contributed by atoms with Gasteiger partial charge in [0.25, 0.3) is 0 Å². The molecule has 0 unspecified atom stereocenters. The number of carbonyl (C=O) groups is 1. The summed E-state index contributed by atoms with van der Waals surface area (Å²) in [6.07, 6.45) is 7.38. The maximum Gasteiger partial charge on any atom is 0.150 e. The summed E-state index contributed by atoms with van der Waals surface area (Å²) in [6, 6.07) is 10.4. The highest BCUT2D eigenvalue weighted by Crippen LogP contribution is 2.54. The molecule has 0 bridgehead atoms. The van der Waals surface area contributed by atoms with Crippen molar-refractivity contribution in [2.24, 2.45) is 11.8 Å². The molecule has 0 aliphatic heterocycles. The van der Waals surface area contributed by atoms with Crippen LogP contribution in [0.3, 0.4) is 0 Å². The van der Waals surface area contributed by atoms with E-state index in [1.165, 1.54) is 4.90 Å². The molecule has 0 heterocycles. The van der Waals surface area contributed by atoms with Crippen LogP contribution in [-0.2, 0) is 4.79 Å². The summed E-state index contributed by atoms with van der Waals surface area (Å²) < 4.78 is -0.198. The average Bonchev–Trinajstić information content (AvgIpc) is 2.71. The van der Waals surface area contributed by atoms with Gasteiger partial charge in [-0.3, -0.25) is 4.79 Å². The van der Waals surface area contributed by atoms with E-state index >= 15 is 0 Å². The number of rotatable bonds is 2. The lowest BCUT2D eigenvalue weighted by molar-refractivity contribution is -0.120. The molecule has 0 spiro atoms. The number of allylic oxidation sites excluding steroid dienone is 2. The van der Waals surface area contributed by atoms with E-state index < -0.39 is 0 Å². The predicted octanol–water partition coefficient (Wildman–Crippen LogP) is 4.09. The molecule has 1 aromatic carbocycles. The van der Waals surface area contributed by atoms with Gasteiger partial charge in [-0.05, 0) is 36.8 Å². The second-order valence-corrected chi connectivity index (χ2v) is 6.67. The Morgan fingerprint density at radius 2 is 2.06 bits per heavy atom. The van der Waals surface area contributed by atoms with Gasteiger partial charge in [0, 0.05) is 11.3 Å². The summed E-state index contributed by atoms with van der Waals surface area (Å²) in [4.78, 5) is 13.7. The molecule has 0 aromatic heterocycles. The first-order chi connectivity index (χ1) is 8.73. The van der Waals surface area contributed by atoms with E-state index in [4.69, 9.17) is 0 Å². The molecule has 1 nitrogen and oxygen atoms in total. The first kappa shape index (κ1) is 12.0. The number of carbonyl (C=O) groups excluding carboxylic acids is 1. The van der Waals surface area contributed by atoms with Gasteiger partial charge in [0.1, 0.15) is 5.78 Å². The minimum absolute atomic E-state index is 0.198. The van der Waals surface area contributed by atoms with Crippen LogP contribution in [0, 0.1) is 11.8 Å². The van der Waals surface area contributed by atoms with Crippen molar-refractivity contribution in [1.29, 1.82) is 0 Å². The molecular formula is C16H18OS. The molecule has 0 radical (unpaired) electrons. The third-order valence-corrected chi connectivity index (χ3v) is 6.09. The summed E-state index contributed by atoms with van der Waals surface area (Å²) in [5.41, 5.74) is 0. The molecule has 2 aliphatic carbocycles. The lowest BCUT2D eigenvalue weighted by Crippen LogP contribution is -2.44. The lowest BCUT2D eigenvalue weighted by Gasteiger charge is -2.39. The number of Topliss-reactive ketones (excluding diaryl/α,β-unsaturated/α-hetero) is 1. The molecule has 18 heavy (non-hydrogen) atoms. The van der Waals surface area contributed by atoms with Gasteiger partial charge in [-0.15, -0.1) is 11.8 Å². The quantitative estimate of drug-likeness (QED) is 0.743. The standard InChI is InChI=1S/C16H18OS/c1-12-6-5-7-13-10-11-15(17)16(12,13)18-14-8-3-2-4-9-14/h2-6,8-9,12-13H,7,10-11H2,1H3/t12-,13-,16+/m1/s1. The number of benzene rings is 1. The monoisotopic (exact) mass is 258 g/mol. The Labute approximate surface area is 113 Å². The molecule has 1 aromatic rings. The fourth-order valence-electron chi connectivity index (χ4n) is 3.37. The molecule has 3 rings (SSSR count). The van der Waals surface area contributed by atoms with Crippen LogP contribution in [0.15, 0.2) is 47.4 Å². The molecule has 0 saturated heterocycles. The molecular weight excluding hydrogens is 240 g/mol. The zero-order valence-electron chi connectivity index (χ0n) is 10.6. The molecule has 0 amide bonds. The van der Waals surface area contributed by atoms with Crippen molar-refractivity contribution in [1.82, 2.24) is 0 Å². The Balaban J connectivity index is 1.99. The molecule has 3 atom stereocenters. The molecule has 2 aliphatic rings. The second-order valence-electron chi connectivity index (χ2n) is 5.32. The van der Waals surface area contributed by atoms with Crippen LogP contribution in [0.25, 0.3) is 0 Å². The van der Waals surface area contributed by atoms with E-state index in [0.29, 0.717) is 17.6 Å². The SMILES string of the molecule is C[C@@H]1C=CC[C@@H]2CCC(=O)[C@@]21Sc1ccccc1. The van der Waals surface area contributed by atoms with Crippen LogP contribution < -0.4 is 0 Å². The van der Waals surface area contributed by atoms with Crippen LogP contribution in [0.4, 0.5) is 0 Å².